The number of piperidine rings is 1. The number of aromatic nitrogens is 2. The Morgan fingerprint density at radius 3 is 2.38 bits per heavy atom. The molecule has 4 aromatic rings. The average molecular weight is 453 g/mol. The van der Waals surface area contributed by atoms with Gasteiger partial charge in [-0.15, -0.1) is 0 Å². The lowest BCUT2D eigenvalue weighted by Gasteiger charge is -2.27. The number of rotatable bonds is 5. The first-order valence-corrected chi connectivity index (χ1v) is 11.4. The van der Waals surface area contributed by atoms with Crippen molar-refractivity contribution in [2.24, 2.45) is 0 Å². The number of amides is 2. The summed E-state index contributed by atoms with van der Waals surface area (Å²) < 4.78 is 1.26. The first kappa shape index (κ1) is 21.6. The van der Waals surface area contributed by atoms with E-state index >= 15 is 0 Å². The number of para-hydroxylation sites is 1. The average Bonchev–Trinajstić information content (AvgIpc) is 2.88. The highest BCUT2D eigenvalue weighted by molar-refractivity contribution is 6.04. The van der Waals surface area contributed by atoms with E-state index in [1.807, 2.05) is 42.5 Å². The van der Waals surface area contributed by atoms with Crippen molar-refractivity contribution in [2.45, 2.75) is 25.8 Å². The molecule has 0 saturated carbocycles. The normalized spacial score (nSPS) is 13.8. The van der Waals surface area contributed by atoms with Gasteiger partial charge >= 0.3 is 0 Å². The quantitative estimate of drug-likeness (QED) is 0.499. The number of carbonyl (C=O) groups excluding carboxylic acids is 2. The third kappa shape index (κ3) is 4.20. The van der Waals surface area contributed by atoms with Crippen LogP contribution in [0.3, 0.4) is 0 Å². The van der Waals surface area contributed by atoms with Gasteiger partial charge in [0.1, 0.15) is 0 Å². The molecule has 5 rings (SSSR count). The minimum Gasteiger partial charge on any atom is -0.347 e. The van der Waals surface area contributed by atoms with Crippen LogP contribution in [0.4, 0.5) is 5.69 Å². The Morgan fingerprint density at radius 2 is 1.59 bits per heavy atom. The van der Waals surface area contributed by atoms with Gasteiger partial charge < -0.3 is 10.2 Å². The van der Waals surface area contributed by atoms with Crippen LogP contribution in [0.2, 0.25) is 0 Å². The molecule has 0 radical (unpaired) electrons. The van der Waals surface area contributed by atoms with E-state index in [0.717, 1.165) is 24.1 Å². The first-order chi connectivity index (χ1) is 16.6. The van der Waals surface area contributed by atoms with Crippen molar-refractivity contribution in [2.75, 3.05) is 11.4 Å². The summed E-state index contributed by atoms with van der Waals surface area (Å²) in [5.41, 5.74) is 2.22. The monoisotopic (exact) mass is 452 g/mol. The van der Waals surface area contributed by atoms with Gasteiger partial charge in [-0.1, -0.05) is 48.5 Å². The zero-order valence-electron chi connectivity index (χ0n) is 18.6. The van der Waals surface area contributed by atoms with Crippen molar-refractivity contribution in [1.29, 1.82) is 0 Å². The standard InChI is InChI=1S/C27H24N4O3/c32-24-15-6-7-16-30(24)21-12-8-9-19(17-21)18-28-26(33)25-22-13-4-5-14-23(22)27(34)31(29-25)20-10-2-1-3-11-20/h1-5,8-14,17H,6-7,15-16,18H2,(H,28,33). The minimum atomic E-state index is -0.375. The summed E-state index contributed by atoms with van der Waals surface area (Å²) in [7, 11) is 0. The number of hydrogen-bond donors (Lipinski definition) is 1. The molecule has 0 bridgehead atoms. The molecule has 7 nitrogen and oxygen atoms in total. The van der Waals surface area contributed by atoms with Crippen LogP contribution >= 0.6 is 0 Å². The summed E-state index contributed by atoms with van der Waals surface area (Å²) in [4.78, 5) is 40.3. The van der Waals surface area contributed by atoms with Crippen LogP contribution in [-0.4, -0.2) is 28.1 Å². The third-order valence-corrected chi connectivity index (χ3v) is 6.02. The molecule has 170 valence electrons. The van der Waals surface area contributed by atoms with Crippen LogP contribution < -0.4 is 15.8 Å². The number of nitrogens with zero attached hydrogens (tertiary/aromatic N) is 3. The van der Waals surface area contributed by atoms with Crippen LogP contribution in [0.25, 0.3) is 16.5 Å². The summed E-state index contributed by atoms with van der Waals surface area (Å²) in [6.45, 7) is 0.987. The van der Waals surface area contributed by atoms with Gasteiger partial charge in [0.2, 0.25) is 5.91 Å². The van der Waals surface area contributed by atoms with E-state index in [1.54, 1.807) is 41.3 Å². The largest absolute Gasteiger partial charge is 0.347 e. The highest BCUT2D eigenvalue weighted by Gasteiger charge is 2.20. The molecule has 0 spiro atoms. The van der Waals surface area contributed by atoms with Crippen molar-refractivity contribution < 1.29 is 9.59 Å². The van der Waals surface area contributed by atoms with E-state index < -0.39 is 0 Å². The Hall–Kier alpha value is -4.26. The molecule has 3 aromatic carbocycles. The maximum Gasteiger partial charge on any atom is 0.279 e. The Labute approximate surface area is 196 Å². The molecule has 0 aliphatic carbocycles. The Bertz CT molecular complexity index is 1430. The fourth-order valence-corrected chi connectivity index (χ4v) is 4.28. The van der Waals surface area contributed by atoms with E-state index in [-0.39, 0.29) is 29.6 Å². The van der Waals surface area contributed by atoms with Crippen LogP contribution in [0, 0.1) is 0 Å². The van der Waals surface area contributed by atoms with E-state index in [9.17, 15) is 14.4 Å². The highest BCUT2D eigenvalue weighted by atomic mass is 16.2. The summed E-state index contributed by atoms with van der Waals surface area (Å²) in [5, 5.41) is 8.28. The SMILES string of the molecule is O=C(NCc1cccc(N2CCCCC2=O)c1)c1nn(-c2ccccc2)c(=O)c2ccccc12. The van der Waals surface area contributed by atoms with Crippen molar-refractivity contribution in [3.05, 3.63) is 100 Å². The zero-order valence-corrected chi connectivity index (χ0v) is 18.6. The molecule has 1 fully saturated rings. The first-order valence-electron chi connectivity index (χ1n) is 11.4. The number of fused-ring (bicyclic) bond motifs is 1. The van der Waals surface area contributed by atoms with Gasteiger partial charge in [0.15, 0.2) is 5.69 Å². The summed E-state index contributed by atoms with van der Waals surface area (Å²) in [5.74, 6) is -0.244. The lowest BCUT2D eigenvalue weighted by Crippen LogP contribution is -2.35. The van der Waals surface area contributed by atoms with Gasteiger partial charge in [-0.25, -0.2) is 0 Å². The number of nitrogens with one attached hydrogen (secondary N) is 1. The van der Waals surface area contributed by atoms with E-state index in [0.29, 0.717) is 29.4 Å². The Balaban J connectivity index is 1.43. The highest BCUT2D eigenvalue weighted by Crippen LogP contribution is 2.22. The lowest BCUT2D eigenvalue weighted by atomic mass is 10.1. The number of hydrogen-bond acceptors (Lipinski definition) is 4. The second kappa shape index (κ2) is 9.31. The second-order valence-electron chi connectivity index (χ2n) is 8.30. The summed E-state index contributed by atoms with van der Waals surface area (Å²) in [6, 6.07) is 23.7. The molecular weight excluding hydrogens is 428 g/mol. The molecule has 1 aliphatic heterocycles. The number of anilines is 1. The van der Waals surface area contributed by atoms with E-state index in [1.165, 1.54) is 4.68 Å². The van der Waals surface area contributed by atoms with Crippen LogP contribution in [0.1, 0.15) is 35.3 Å². The molecule has 0 atom stereocenters. The fourth-order valence-electron chi connectivity index (χ4n) is 4.28. The minimum absolute atomic E-state index is 0.131. The van der Waals surface area contributed by atoms with Gasteiger partial charge in [-0.05, 0) is 48.7 Å². The van der Waals surface area contributed by atoms with E-state index in [2.05, 4.69) is 10.4 Å². The molecule has 1 aliphatic rings. The topological polar surface area (TPSA) is 84.3 Å². The number of carbonyl (C=O) groups is 2. The molecule has 1 saturated heterocycles. The molecule has 2 amide bonds. The molecule has 0 unspecified atom stereocenters. The lowest BCUT2D eigenvalue weighted by molar-refractivity contribution is -0.119. The van der Waals surface area contributed by atoms with Gasteiger partial charge in [0.05, 0.1) is 11.1 Å². The third-order valence-electron chi connectivity index (χ3n) is 6.02. The van der Waals surface area contributed by atoms with Crippen molar-refractivity contribution in [3.8, 4) is 5.69 Å². The second-order valence-corrected chi connectivity index (χ2v) is 8.30. The molecule has 7 heteroatoms. The zero-order chi connectivity index (χ0) is 23.5. The molecule has 1 N–H and O–H groups in total. The molecular formula is C27H24N4O3. The maximum absolute atomic E-state index is 13.2. The van der Waals surface area contributed by atoms with Crippen molar-refractivity contribution >= 4 is 28.3 Å². The fraction of sp³-hybridized carbons (Fsp3) is 0.185. The van der Waals surface area contributed by atoms with Gasteiger partial charge in [-0.3, -0.25) is 14.4 Å². The van der Waals surface area contributed by atoms with Crippen LogP contribution in [0.15, 0.2) is 83.7 Å². The van der Waals surface area contributed by atoms with Gasteiger partial charge in [-0.2, -0.15) is 9.78 Å². The van der Waals surface area contributed by atoms with Gasteiger partial charge in [0, 0.05) is 30.6 Å². The predicted molar refractivity (Wildman–Crippen MR) is 131 cm³/mol. The van der Waals surface area contributed by atoms with Gasteiger partial charge in [0.25, 0.3) is 11.5 Å². The summed E-state index contributed by atoms with van der Waals surface area (Å²) in [6.07, 6.45) is 2.48. The maximum atomic E-state index is 13.2. The van der Waals surface area contributed by atoms with Crippen LogP contribution in [0.5, 0.6) is 0 Å². The van der Waals surface area contributed by atoms with Crippen molar-refractivity contribution in [1.82, 2.24) is 15.1 Å². The molecule has 34 heavy (non-hydrogen) atoms. The molecule has 2 heterocycles. The molecule has 1 aromatic heterocycles. The van der Waals surface area contributed by atoms with Crippen LogP contribution in [-0.2, 0) is 11.3 Å². The predicted octanol–water partition coefficient (Wildman–Crippen LogP) is 3.83. The number of benzene rings is 3. The smallest absolute Gasteiger partial charge is 0.279 e. The van der Waals surface area contributed by atoms with E-state index in [4.69, 9.17) is 0 Å². The van der Waals surface area contributed by atoms with Crippen molar-refractivity contribution in [3.63, 3.8) is 0 Å². The Morgan fingerprint density at radius 1 is 0.853 bits per heavy atom. The summed E-state index contributed by atoms with van der Waals surface area (Å²) >= 11 is 0. The Kier molecular flexibility index (Phi) is 5.91.